The van der Waals surface area contributed by atoms with E-state index in [1.807, 2.05) is 26.0 Å². The van der Waals surface area contributed by atoms with Gasteiger partial charge in [0, 0.05) is 10.0 Å². The van der Waals surface area contributed by atoms with Crippen molar-refractivity contribution in [1.82, 2.24) is 0 Å². The van der Waals surface area contributed by atoms with Crippen LogP contribution in [0.4, 0.5) is 0 Å². The van der Waals surface area contributed by atoms with Crippen LogP contribution < -0.4 is 0 Å². The fourth-order valence-corrected chi connectivity index (χ4v) is 1.33. The molecule has 58 valence electrons. The third kappa shape index (κ3) is 1.69. The normalized spacial score (nSPS) is 9.73. The molecule has 11 heavy (non-hydrogen) atoms. The van der Waals surface area contributed by atoms with Gasteiger partial charge in [0.2, 0.25) is 0 Å². The van der Waals surface area contributed by atoms with Gasteiger partial charge in [-0.1, -0.05) is 22.0 Å². The van der Waals surface area contributed by atoms with Crippen molar-refractivity contribution in [2.45, 2.75) is 13.8 Å². The van der Waals surface area contributed by atoms with E-state index in [4.69, 9.17) is 0 Å². The number of carbonyl (C=O) groups excluding carboxylic acids is 1. The zero-order chi connectivity index (χ0) is 8.43. The highest BCUT2D eigenvalue weighted by Gasteiger charge is 2.00. The molecule has 1 nitrogen and oxygen atoms in total. The second-order valence-corrected chi connectivity index (χ2v) is 3.43. The number of benzene rings is 1. The Morgan fingerprint density at radius 3 is 2.45 bits per heavy atom. The number of carbonyl (C=O) groups is 1. The van der Waals surface area contributed by atoms with E-state index in [0.29, 0.717) is 0 Å². The Morgan fingerprint density at radius 1 is 1.27 bits per heavy atom. The van der Waals surface area contributed by atoms with Crippen molar-refractivity contribution in [3.05, 3.63) is 33.3 Å². The van der Waals surface area contributed by atoms with E-state index in [2.05, 4.69) is 15.9 Å². The summed E-state index contributed by atoms with van der Waals surface area (Å²) in [5.41, 5.74) is 2.94. The minimum Gasteiger partial charge on any atom is -0.298 e. The van der Waals surface area contributed by atoms with E-state index >= 15 is 0 Å². The quantitative estimate of drug-likeness (QED) is 0.655. The summed E-state index contributed by atoms with van der Waals surface area (Å²) in [6, 6.07) is 3.84. The first kappa shape index (κ1) is 8.47. The molecular formula is C9H9BrO. The van der Waals surface area contributed by atoms with Gasteiger partial charge >= 0.3 is 0 Å². The summed E-state index contributed by atoms with van der Waals surface area (Å²) < 4.78 is 0.991. The molecule has 1 rings (SSSR count). The maximum Gasteiger partial charge on any atom is 0.150 e. The lowest BCUT2D eigenvalue weighted by Crippen LogP contribution is -1.88. The SMILES string of the molecule is Cc1cc(C)c(C=O)cc1Br. The Hall–Kier alpha value is -0.630. The van der Waals surface area contributed by atoms with Crippen molar-refractivity contribution in [3.8, 4) is 0 Å². The highest BCUT2D eigenvalue weighted by molar-refractivity contribution is 9.10. The maximum absolute atomic E-state index is 10.5. The predicted octanol–water partition coefficient (Wildman–Crippen LogP) is 2.88. The smallest absolute Gasteiger partial charge is 0.150 e. The third-order valence-corrected chi connectivity index (χ3v) is 2.53. The van der Waals surface area contributed by atoms with Gasteiger partial charge in [0.1, 0.15) is 6.29 Å². The summed E-state index contributed by atoms with van der Waals surface area (Å²) in [7, 11) is 0. The minimum atomic E-state index is 0.752. The maximum atomic E-state index is 10.5. The van der Waals surface area contributed by atoms with E-state index in [9.17, 15) is 4.79 Å². The number of aryl methyl sites for hydroxylation is 2. The van der Waals surface area contributed by atoms with Crippen LogP contribution in [0, 0.1) is 13.8 Å². The summed E-state index contributed by atoms with van der Waals surface area (Å²) in [6.45, 7) is 3.94. The Kier molecular flexibility index (Phi) is 2.45. The fraction of sp³-hybridized carbons (Fsp3) is 0.222. The van der Waals surface area contributed by atoms with Gasteiger partial charge < -0.3 is 0 Å². The number of rotatable bonds is 1. The molecule has 2 heteroatoms. The molecule has 0 amide bonds. The van der Waals surface area contributed by atoms with Crippen LogP contribution in [-0.2, 0) is 0 Å². The number of hydrogen-bond donors (Lipinski definition) is 0. The van der Waals surface area contributed by atoms with Crippen molar-refractivity contribution in [2.24, 2.45) is 0 Å². The number of halogens is 1. The van der Waals surface area contributed by atoms with Gasteiger partial charge in [0.15, 0.2) is 0 Å². The lowest BCUT2D eigenvalue weighted by molar-refractivity contribution is 0.112. The van der Waals surface area contributed by atoms with Crippen molar-refractivity contribution < 1.29 is 4.79 Å². The first-order valence-corrected chi connectivity index (χ1v) is 4.16. The van der Waals surface area contributed by atoms with Crippen molar-refractivity contribution in [2.75, 3.05) is 0 Å². The molecule has 0 saturated carbocycles. The molecule has 0 atom stereocenters. The molecule has 0 aliphatic carbocycles. The van der Waals surface area contributed by atoms with Crippen LogP contribution in [0.15, 0.2) is 16.6 Å². The summed E-state index contributed by atoms with van der Waals surface area (Å²) in [5.74, 6) is 0. The number of hydrogen-bond acceptors (Lipinski definition) is 1. The summed E-state index contributed by atoms with van der Waals surface area (Å²) in [6.07, 6.45) is 0.875. The topological polar surface area (TPSA) is 17.1 Å². The van der Waals surface area contributed by atoms with Gasteiger partial charge in [-0.25, -0.2) is 0 Å². The minimum absolute atomic E-state index is 0.752. The predicted molar refractivity (Wildman–Crippen MR) is 49.0 cm³/mol. The van der Waals surface area contributed by atoms with Gasteiger partial charge in [-0.2, -0.15) is 0 Å². The van der Waals surface area contributed by atoms with Crippen LogP contribution in [-0.4, -0.2) is 6.29 Å². The number of aldehydes is 1. The zero-order valence-corrected chi connectivity index (χ0v) is 8.10. The van der Waals surface area contributed by atoms with E-state index in [1.54, 1.807) is 0 Å². The average Bonchev–Trinajstić information content (AvgIpc) is 1.97. The second-order valence-electron chi connectivity index (χ2n) is 2.58. The lowest BCUT2D eigenvalue weighted by Gasteiger charge is -2.01. The summed E-state index contributed by atoms with van der Waals surface area (Å²) in [4.78, 5) is 10.5. The van der Waals surface area contributed by atoms with Crippen molar-refractivity contribution in [3.63, 3.8) is 0 Å². The monoisotopic (exact) mass is 212 g/mol. The van der Waals surface area contributed by atoms with Gasteiger partial charge in [0.25, 0.3) is 0 Å². The lowest BCUT2D eigenvalue weighted by atomic mass is 10.1. The van der Waals surface area contributed by atoms with Gasteiger partial charge in [-0.15, -0.1) is 0 Å². The largest absolute Gasteiger partial charge is 0.298 e. The molecule has 0 aromatic heterocycles. The molecule has 0 N–H and O–H groups in total. The molecule has 0 spiro atoms. The zero-order valence-electron chi connectivity index (χ0n) is 6.52. The molecule has 0 heterocycles. The Bertz CT molecular complexity index is 292. The van der Waals surface area contributed by atoms with Gasteiger partial charge in [0.05, 0.1) is 0 Å². The summed E-state index contributed by atoms with van der Waals surface area (Å²) >= 11 is 3.36. The van der Waals surface area contributed by atoms with Crippen LogP contribution >= 0.6 is 15.9 Å². The first-order valence-electron chi connectivity index (χ1n) is 3.37. The molecule has 0 aliphatic rings. The standard InChI is InChI=1S/C9H9BrO/c1-6-3-7(2)9(10)4-8(6)5-11/h3-5H,1-2H3. The Balaban J connectivity index is 3.31. The molecule has 0 aliphatic heterocycles. The van der Waals surface area contributed by atoms with E-state index in [1.165, 1.54) is 0 Å². The van der Waals surface area contributed by atoms with Crippen LogP contribution in [0.5, 0.6) is 0 Å². The highest BCUT2D eigenvalue weighted by atomic mass is 79.9. The average molecular weight is 213 g/mol. The Labute approximate surface area is 74.6 Å². The van der Waals surface area contributed by atoms with E-state index in [0.717, 1.165) is 27.4 Å². The van der Waals surface area contributed by atoms with Crippen LogP contribution in [0.3, 0.4) is 0 Å². The Morgan fingerprint density at radius 2 is 1.91 bits per heavy atom. The van der Waals surface area contributed by atoms with Crippen LogP contribution in [0.25, 0.3) is 0 Å². The van der Waals surface area contributed by atoms with Crippen LogP contribution in [0.1, 0.15) is 21.5 Å². The molecule has 0 bridgehead atoms. The van der Waals surface area contributed by atoms with Gasteiger partial charge in [-0.3, -0.25) is 4.79 Å². The third-order valence-electron chi connectivity index (χ3n) is 1.67. The van der Waals surface area contributed by atoms with E-state index in [-0.39, 0.29) is 0 Å². The molecular weight excluding hydrogens is 204 g/mol. The highest BCUT2D eigenvalue weighted by Crippen LogP contribution is 2.19. The molecule has 0 fully saturated rings. The molecule has 0 saturated heterocycles. The molecule has 1 aromatic rings. The van der Waals surface area contributed by atoms with Crippen LogP contribution in [0.2, 0.25) is 0 Å². The van der Waals surface area contributed by atoms with Gasteiger partial charge in [-0.05, 0) is 31.0 Å². The fourth-order valence-electron chi connectivity index (χ4n) is 0.968. The molecule has 0 radical (unpaired) electrons. The van der Waals surface area contributed by atoms with Crippen molar-refractivity contribution in [1.29, 1.82) is 0 Å². The second kappa shape index (κ2) is 3.18. The van der Waals surface area contributed by atoms with E-state index < -0.39 is 0 Å². The molecule has 0 unspecified atom stereocenters. The first-order chi connectivity index (χ1) is 5.15. The van der Waals surface area contributed by atoms with Crippen molar-refractivity contribution >= 4 is 22.2 Å². The molecule has 1 aromatic carbocycles. The summed E-state index contributed by atoms with van der Waals surface area (Å²) in [5, 5.41) is 0.